The second-order valence-corrected chi connectivity index (χ2v) is 9.86. The highest BCUT2D eigenvalue weighted by Crippen LogP contribution is 2.22. The van der Waals surface area contributed by atoms with Crippen LogP contribution in [0.2, 0.25) is 0 Å². The Hall–Kier alpha value is -5.39. The molecule has 0 spiro atoms. The van der Waals surface area contributed by atoms with E-state index in [-0.39, 0.29) is 24.3 Å². The monoisotopic (exact) mass is 605 g/mol. The number of hydrogen-bond acceptors (Lipinski definition) is 7. The molecule has 3 aromatic rings. The van der Waals surface area contributed by atoms with Crippen molar-refractivity contribution in [3.8, 4) is 11.5 Å². The number of nitrogens with one attached hydrogen (secondary N) is 3. The van der Waals surface area contributed by atoms with E-state index in [0.29, 0.717) is 12.1 Å². The van der Waals surface area contributed by atoms with Crippen LogP contribution < -0.4 is 25.4 Å². The van der Waals surface area contributed by atoms with E-state index < -0.39 is 47.7 Å². The fourth-order valence-corrected chi connectivity index (χ4v) is 4.31. The molecular formula is C32H35N3O9. The Morgan fingerprint density at radius 1 is 0.727 bits per heavy atom. The highest BCUT2D eigenvalue weighted by Gasteiger charge is 2.28. The third-order valence-electron chi connectivity index (χ3n) is 6.47. The molecule has 0 heterocycles. The molecule has 3 rings (SSSR count). The lowest BCUT2D eigenvalue weighted by molar-refractivity contribution is -0.129. The number of ether oxygens (including phenoxy) is 2. The van der Waals surface area contributed by atoms with Gasteiger partial charge in [-0.15, -0.1) is 0 Å². The Bertz CT molecular complexity index is 1430. The van der Waals surface area contributed by atoms with E-state index in [1.165, 1.54) is 18.2 Å². The summed E-state index contributed by atoms with van der Waals surface area (Å²) in [4.78, 5) is 62.4. The molecule has 232 valence electrons. The molecule has 0 unspecified atom stereocenters. The molecule has 0 saturated carbocycles. The van der Waals surface area contributed by atoms with E-state index in [4.69, 9.17) is 9.84 Å². The quantitative estimate of drug-likeness (QED) is 0.0965. The lowest BCUT2D eigenvalue weighted by Crippen LogP contribution is -2.55. The summed E-state index contributed by atoms with van der Waals surface area (Å²) >= 11 is 0. The van der Waals surface area contributed by atoms with Gasteiger partial charge in [0.15, 0.2) is 0 Å². The molecular weight excluding hydrogens is 570 g/mol. The Labute approximate surface area is 254 Å². The van der Waals surface area contributed by atoms with Crippen LogP contribution in [0.3, 0.4) is 0 Å². The van der Waals surface area contributed by atoms with Crippen LogP contribution in [-0.2, 0) is 22.4 Å². The van der Waals surface area contributed by atoms with E-state index in [9.17, 15) is 29.1 Å². The summed E-state index contributed by atoms with van der Waals surface area (Å²) in [6, 6.07) is 18.7. The summed E-state index contributed by atoms with van der Waals surface area (Å²) in [5.74, 6) is -2.73. The minimum atomic E-state index is -1.68. The number of rotatable bonds is 15. The zero-order chi connectivity index (χ0) is 31.9. The van der Waals surface area contributed by atoms with Crippen molar-refractivity contribution in [2.24, 2.45) is 0 Å². The second kappa shape index (κ2) is 16.9. The van der Waals surface area contributed by atoms with Crippen LogP contribution in [0.15, 0.2) is 78.9 Å². The summed E-state index contributed by atoms with van der Waals surface area (Å²) in [7, 11) is 0. The van der Waals surface area contributed by atoms with E-state index in [0.717, 1.165) is 24.8 Å². The maximum absolute atomic E-state index is 13.6. The topological polar surface area (TPSA) is 180 Å². The Morgan fingerprint density at radius 2 is 1.36 bits per heavy atom. The van der Waals surface area contributed by atoms with E-state index in [1.54, 1.807) is 54.6 Å². The van der Waals surface area contributed by atoms with E-state index >= 15 is 0 Å². The highest BCUT2D eigenvalue weighted by atomic mass is 16.7. The van der Waals surface area contributed by atoms with Gasteiger partial charge >= 0.3 is 18.2 Å². The van der Waals surface area contributed by atoms with Crippen molar-refractivity contribution < 1.29 is 43.7 Å². The third-order valence-corrected chi connectivity index (χ3v) is 6.47. The molecule has 44 heavy (non-hydrogen) atoms. The maximum atomic E-state index is 13.6. The number of benzene rings is 3. The van der Waals surface area contributed by atoms with Gasteiger partial charge in [-0.05, 0) is 41.8 Å². The fourth-order valence-electron chi connectivity index (χ4n) is 4.31. The largest absolute Gasteiger partial charge is 0.511 e. The molecule has 0 saturated heterocycles. The predicted molar refractivity (Wildman–Crippen MR) is 160 cm³/mol. The predicted octanol–water partition coefficient (Wildman–Crippen LogP) is 4.18. The van der Waals surface area contributed by atoms with Gasteiger partial charge in [-0.3, -0.25) is 9.59 Å². The van der Waals surface area contributed by atoms with Gasteiger partial charge in [0.05, 0.1) is 0 Å². The van der Waals surface area contributed by atoms with Crippen molar-refractivity contribution in [3.05, 3.63) is 95.6 Å². The standard InChI is InChI=1S/C32H35N3O9/c1-2-3-10-17-33-28(36)25(20-22-15-16-27(44-32(41)42)24(18-22)30(38)39)34-29(37)26(19-21-11-6-4-7-12-21)35-31(40)43-23-13-8-5-9-14-23/h4-9,11-16,18,25-26H,2-3,10,17,19-20H2,1H3,(H,33,36)(H,34,37)(H,35,40)(H,38,39)(H,41,42)/t25-,26-/m0/s1. The SMILES string of the molecule is CCCCCNC(=O)[C@H](Cc1ccc(OC(=O)O)c(C(=O)O)c1)NC(=O)[C@H](Cc1ccccc1)NC(=O)Oc1ccccc1. The minimum absolute atomic E-state index is 0.0891. The number of carbonyl (C=O) groups is 5. The second-order valence-electron chi connectivity index (χ2n) is 9.86. The van der Waals surface area contributed by atoms with Gasteiger partial charge in [0.2, 0.25) is 11.8 Å². The Kier molecular flexibility index (Phi) is 12.7. The molecule has 0 bridgehead atoms. The molecule has 0 aliphatic rings. The molecule has 0 radical (unpaired) electrons. The van der Waals surface area contributed by atoms with Crippen LogP contribution in [-0.4, -0.2) is 58.9 Å². The number of carboxylic acids is 1. The average Bonchev–Trinajstić information content (AvgIpc) is 3.00. The number of aromatic carboxylic acids is 1. The molecule has 0 aromatic heterocycles. The van der Waals surface area contributed by atoms with Gasteiger partial charge in [0.1, 0.15) is 29.1 Å². The molecule has 0 fully saturated rings. The van der Waals surface area contributed by atoms with Crippen LogP contribution in [0.4, 0.5) is 9.59 Å². The molecule has 2 atom stereocenters. The first-order valence-electron chi connectivity index (χ1n) is 14.1. The number of amides is 3. The number of hydrogen-bond donors (Lipinski definition) is 5. The minimum Gasteiger partial charge on any atom is -0.478 e. The van der Waals surface area contributed by atoms with Gasteiger partial charge in [-0.25, -0.2) is 14.4 Å². The van der Waals surface area contributed by atoms with Crippen LogP contribution >= 0.6 is 0 Å². The van der Waals surface area contributed by atoms with Gasteiger partial charge in [-0.2, -0.15) is 0 Å². The Morgan fingerprint density at radius 3 is 2.00 bits per heavy atom. The molecule has 0 aliphatic heterocycles. The van der Waals surface area contributed by atoms with Crippen molar-refractivity contribution in [1.29, 1.82) is 0 Å². The first-order valence-corrected chi connectivity index (χ1v) is 14.1. The highest BCUT2D eigenvalue weighted by molar-refractivity contribution is 5.93. The van der Waals surface area contributed by atoms with Crippen molar-refractivity contribution in [1.82, 2.24) is 16.0 Å². The third kappa shape index (κ3) is 10.8. The van der Waals surface area contributed by atoms with Gasteiger partial charge in [0.25, 0.3) is 0 Å². The van der Waals surface area contributed by atoms with Crippen molar-refractivity contribution in [3.63, 3.8) is 0 Å². The number of carboxylic acid groups (broad SMARTS) is 2. The normalized spacial score (nSPS) is 11.8. The van der Waals surface area contributed by atoms with Gasteiger partial charge < -0.3 is 35.6 Å². The molecule has 5 N–H and O–H groups in total. The maximum Gasteiger partial charge on any atom is 0.511 e. The van der Waals surface area contributed by atoms with Crippen LogP contribution in [0.25, 0.3) is 0 Å². The molecule has 0 aliphatic carbocycles. The first kappa shape index (κ1) is 33.1. The number of carbonyl (C=O) groups excluding carboxylic acids is 3. The van der Waals surface area contributed by atoms with Gasteiger partial charge in [-0.1, -0.05) is 74.4 Å². The van der Waals surface area contributed by atoms with Crippen LogP contribution in [0.1, 0.15) is 47.7 Å². The summed E-state index contributed by atoms with van der Waals surface area (Å²) in [6.45, 7) is 2.38. The smallest absolute Gasteiger partial charge is 0.478 e. The summed E-state index contributed by atoms with van der Waals surface area (Å²) in [5.41, 5.74) is 0.643. The van der Waals surface area contributed by atoms with Crippen LogP contribution in [0.5, 0.6) is 11.5 Å². The zero-order valence-corrected chi connectivity index (χ0v) is 24.2. The Balaban J connectivity index is 1.85. The van der Waals surface area contributed by atoms with Crippen molar-refractivity contribution in [2.75, 3.05) is 6.54 Å². The van der Waals surface area contributed by atoms with Crippen molar-refractivity contribution in [2.45, 2.75) is 51.1 Å². The first-order chi connectivity index (χ1) is 21.2. The number of para-hydroxylation sites is 1. The molecule has 12 heteroatoms. The average molecular weight is 606 g/mol. The lowest BCUT2D eigenvalue weighted by atomic mass is 10.0. The number of unbranched alkanes of at least 4 members (excludes halogenated alkanes) is 2. The molecule has 3 amide bonds. The molecule has 12 nitrogen and oxygen atoms in total. The molecule has 3 aromatic carbocycles. The van der Waals surface area contributed by atoms with E-state index in [2.05, 4.69) is 20.7 Å². The summed E-state index contributed by atoms with van der Waals surface area (Å²) < 4.78 is 9.87. The lowest BCUT2D eigenvalue weighted by Gasteiger charge is -2.23. The zero-order valence-electron chi connectivity index (χ0n) is 24.2. The van der Waals surface area contributed by atoms with Crippen molar-refractivity contribution >= 4 is 30.0 Å². The van der Waals surface area contributed by atoms with Gasteiger partial charge in [0, 0.05) is 19.4 Å². The fraction of sp³-hybridized carbons (Fsp3) is 0.281. The summed E-state index contributed by atoms with van der Waals surface area (Å²) in [5, 5.41) is 26.6. The van der Waals surface area contributed by atoms with E-state index in [1.807, 2.05) is 13.0 Å². The van der Waals surface area contributed by atoms with Crippen LogP contribution in [0, 0.1) is 0 Å². The summed E-state index contributed by atoms with van der Waals surface area (Å²) in [6.07, 6.45) is -0.0528.